The molecule has 2 aromatic carbocycles. The van der Waals surface area contributed by atoms with E-state index in [1.54, 1.807) is 18.2 Å². The molecule has 0 fully saturated rings. The molecule has 0 aliphatic rings. The summed E-state index contributed by atoms with van der Waals surface area (Å²) in [6, 6.07) is 16.1. The van der Waals surface area contributed by atoms with Crippen LogP contribution < -0.4 is 5.43 Å². The molecule has 22 heavy (non-hydrogen) atoms. The van der Waals surface area contributed by atoms with Crippen LogP contribution >= 0.6 is 11.8 Å². The van der Waals surface area contributed by atoms with Crippen molar-refractivity contribution < 1.29 is 9.18 Å². The van der Waals surface area contributed by atoms with Crippen LogP contribution in [-0.2, 0) is 4.79 Å². The van der Waals surface area contributed by atoms with Gasteiger partial charge in [0.25, 0.3) is 0 Å². The highest BCUT2D eigenvalue weighted by Gasteiger charge is 2.06. The summed E-state index contributed by atoms with van der Waals surface area (Å²) in [6.07, 6.45) is 0.713. The molecule has 0 aromatic heterocycles. The Kier molecular flexibility index (Phi) is 6.15. The predicted octanol–water partition coefficient (Wildman–Crippen LogP) is 3.85. The Hall–Kier alpha value is -2.14. The minimum atomic E-state index is -0.317. The molecule has 3 nitrogen and oxygen atoms in total. The minimum Gasteiger partial charge on any atom is -0.272 e. The maximum absolute atomic E-state index is 13.4. The fraction of sp³-hybridized carbons (Fsp3) is 0.176. The van der Waals surface area contributed by atoms with E-state index in [1.165, 1.54) is 6.07 Å². The van der Waals surface area contributed by atoms with E-state index in [0.29, 0.717) is 11.3 Å². The Bertz CT molecular complexity index is 659. The monoisotopic (exact) mass is 316 g/mol. The molecular weight excluding hydrogens is 299 g/mol. The van der Waals surface area contributed by atoms with Crippen LogP contribution in [0.25, 0.3) is 0 Å². The Balaban J connectivity index is 1.91. The highest BCUT2D eigenvalue weighted by molar-refractivity contribution is 8.00. The van der Waals surface area contributed by atoms with Gasteiger partial charge in [-0.1, -0.05) is 49.4 Å². The lowest BCUT2D eigenvalue weighted by Crippen LogP contribution is -2.21. The van der Waals surface area contributed by atoms with E-state index in [4.69, 9.17) is 0 Å². The van der Waals surface area contributed by atoms with E-state index in [2.05, 4.69) is 10.5 Å². The third-order valence-electron chi connectivity index (χ3n) is 2.95. The molecule has 0 atom stereocenters. The van der Waals surface area contributed by atoms with E-state index in [1.807, 2.05) is 37.3 Å². The van der Waals surface area contributed by atoms with E-state index in [-0.39, 0.29) is 17.5 Å². The summed E-state index contributed by atoms with van der Waals surface area (Å²) in [5.41, 5.74) is 4.32. The zero-order valence-corrected chi connectivity index (χ0v) is 13.1. The third kappa shape index (κ3) is 4.70. The molecule has 0 saturated heterocycles. The molecule has 0 spiro atoms. The summed E-state index contributed by atoms with van der Waals surface area (Å²) in [5.74, 6) is -0.451. The predicted molar refractivity (Wildman–Crippen MR) is 88.5 cm³/mol. The maximum atomic E-state index is 13.4. The number of hydrogen-bond donors (Lipinski definition) is 1. The first-order valence-corrected chi connectivity index (χ1v) is 7.97. The number of thioether (sulfide) groups is 1. The lowest BCUT2D eigenvalue weighted by Gasteiger charge is -2.05. The number of amides is 1. The van der Waals surface area contributed by atoms with Crippen LogP contribution in [0.15, 0.2) is 64.6 Å². The van der Waals surface area contributed by atoms with E-state index < -0.39 is 0 Å². The quantitative estimate of drug-likeness (QED) is 0.500. The highest BCUT2D eigenvalue weighted by atomic mass is 32.2. The number of carbonyl (C=O) groups is 1. The van der Waals surface area contributed by atoms with Crippen LogP contribution in [-0.4, -0.2) is 17.4 Å². The van der Waals surface area contributed by atoms with Crippen LogP contribution in [0.1, 0.15) is 18.9 Å². The van der Waals surface area contributed by atoms with E-state index >= 15 is 0 Å². The first kappa shape index (κ1) is 16.2. The molecule has 5 heteroatoms. The SMILES string of the molecule is CC/C(=N/NC(=O)CSc1ccccc1F)c1ccccc1. The van der Waals surface area contributed by atoms with Crippen molar-refractivity contribution in [1.29, 1.82) is 0 Å². The number of nitrogens with zero attached hydrogens (tertiary/aromatic N) is 1. The Morgan fingerprint density at radius 2 is 1.82 bits per heavy atom. The second kappa shape index (κ2) is 8.34. The summed E-state index contributed by atoms with van der Waals surface area (Å²) < 4.78 is 13.4. The van der Waals surface area contributed by atoms with Crippen molar-refractivity contribution in [1.82, 2.24) is 5.43 Å². The zero-order valence-electron chi connectivity index (χ0n) is 12.3. The zero-order chi connectivity index (χ0) is 15.8. The lowest BCUT2D eigenvalue weighted by molar-refractivity contribution is -0.118. The van der Waals surface area contributed by atoms with Crippen molar-refractivity contribution in [2.24, 2.45) is 5.10 Å². The molecule has 114 valence electrons. The second-order valence-corrected chi connectivity index (χ2v) is 5.55. The molecule has 0 aliphatic heterocycles. The van der Waals surface area contributed by atoms with Crippen LogP contribution in [0.2, 0.25) is 0 Å². The molecular formula is C17H17FN2OS. The average molecular weight is 316 g/mol. The Labute approximate surface area is 133 Å². The van der Waals surface area contributed by atoms with Gasteiger partial charge in [0, 0.05) is 4.90 Å². The minimum absolute atomic E-state index is 0.121. The topological polar surface area (TPSA) is 41.5 Å². The van der Waals surface area contributed by atoms with Crippen molar-refractivity contribution in [3.05, 3.63) is 66.0 Å². The van der Waals surface area contributed by atoms with Crippen molar-refractivity contribution in [3.63, 3.8) is 0 Å². The van der Waals surface area contributed by atoms with Gasteiger partial charge in [0.15, 0.2) is 0 Å². The average Bonchev–Trinajstić information content (AvgIpc) is 2.55. The van der Waals surface area contributed by atoms with Gasteiger partial charge in [0.2, 0.25) is 5.91 Å². The number of rotatable bonds is 6. The van der Waals surface area contributed by atoms with Gasteiger partial charge < -0.3 is 0 Å². The standard InChI is InChI=1S/C17H17FN2OS/c1-2-15(13-8-4-3-5-9-13)19-20-17(21)12-22-16-11-7-6-10-14(16)18/h3-11H,2,12H2,1H3,(H,20,21)/b19-15-. The Morgan fingerprint density at radius 1 is 1.14 bits per heavy atom. The number of benzene rings is 2. The van der Waals surface area contributed by atoms with Gasteiger partial charge in [-0.25, -0.2) is 9.82 Å². The van der Waals surface area contributed by atoms with Gasteiger partial charge in [-0.3, -0.25) is 4.79 Å². The number of nitrogens with one attached hydrogen (secondary N) is 1. The Morgan fingerprint density at radius 3 is 2.50 bits per heavy atom. The fourth-order valence-electron chi connectivity index (χ4n) is 1.85. The maximum Gasteiger partial charge on any atom is 0.250 e. The van der Waals surface area contributed by atoms with Gasteiger partial charge in [0.1, 0.15) is 5.82 Å². The summed E-state index contributed by atoms with van der Waals surface area (Å²) in [7, 11) is 0. The molecule has 0 radical (unpaired) electrons. The van der Waals surface area contributed by atoms with Gasteiger partial charge in [-0.15, -0.1) is 11.8 Å². The van der Waals surface area contributed by atoms with Crippen LogP contribution in [0.4, 0.5) is 4.39 Å². The van der Waals surface area contributed by atoms with E-state index in [9.17, 15) is 9.18 Å². The largest absolute Gasteiger partial charge is 0.272 e. The molecule has 0 aliphatic carbocycles. The second-order valence-electron chi connectivity index (χ2n) is 4.53. The number of carbonyl (C=O) groups excluding carboxylic acids is 1. The van der Waals surface area contributed by atoms with Crippen molar-refractivity contribution in [3.8, 4) is 0 Å². The van der Waals surface area contributed by atoms with Crippen molar-refractivity contribution in [2.45, 2.75) is 18.2 Å². The summed E-state index contributed by atoms with van der Waals surface area (Å²) in [6.45, 7) is 1.98. The van der Waals surface area contributed by atoms with Crippen LogP contribution in [0.5, 0.6) is 0 Å². The molecule has 0 unspecified atom stereocenters. The molecule has 0 bridgehead atoms. The molecule has 2 rings (SSSR count). The molecule has 0 saturated carbocycles. The molecule has 0 heterocycles. The number of halogens is 1. The van der Waals surface area contributed by atoms with Gasteiger partial charge in [0.05, 0.1) is 11.5 Å². The fourth-order valence-corrected chi connectivity index (χ4v) is 2.58. The number of hydrogen-bond acceptors (Lipinski definition) is 3. The summed E-state index contributed by atoms with van der Waals surface area (Å²) in [5, 5.41) is 4.16. The van der Waals surface area contributed by atoms with Crippen molar-refractivity contribution >= 4 is 23.4 Å². The van der Waals surface area contributed by atoms with Crippen LogP contribution in [0.3, 0.4) is 0 Å². The normalized spacial score (nSPS) is 11.3. The summed E-state index contributed by atoms with van der Waals surface area (Å²) >= 11 is 1.15. The molecule has 1 amide bonds. The van der Waals surface area contributed by atoms with Crippen molar-refractivity contribution in [2.75, 3.05) is 5.75 Å². The first-order chi connectivity index (χ1) is 10.7. The van der Waals surface area contributed by atoms with Gasteiger partial charge in [-0.2, -0.15) is 5.10 Å². The first-order valence-electron chi connectivity index (χ1n) is 6.99. The number of hydrazone groups is 1. The van der Waals surface area contributed by atoms with Gasteiger partial charge >= 0.3 is 0 Å². The van der Waals surface area contributed by atoms with Gasteiger partial charge in [-0.05, 0) is 24.1 Å². The molecule has 2 aromatic rings. The summed E-state index contributed by atoms with van der Waals surface area (Å²) in [4.78, 5) is 12.3. The van der Waals surface area contributed by atoms with E-state index in [0.717, 1.165) is 23.0 Å². The molecule has 1 N–H and O–H groups in total. The highest BCUT2D eigenvalue weighted by Crippen LogP contribution is 2.20. The van der Waals surface area contributed by atoms with Crippen LogP contribution in [0, 0.1) is 5.82 Å². The third-order valence-corrected chi connectivity index (χ3v) is 4.00. The smallest absolute Gasteiger partial charge is 0.250 e. The lowest BCUT2D eigenvalue weighted by atomic mass is 10.1.